The topological polar surface area (TPSA) is 76.4 Å². The molecule has 6 nitrogen and oxygen atoms in total. The number of guanidine groups is 1. The van der Waals surface area contributed by atoms with Crippen LogP contribution in [-0.2, 0) is 0 Å². The van der Waals surface area contributed by atoms with Crippen molar-refractivity contribution >= 4 is 12.1 Å². The Bertz CT molecular complexity index is 164. The maximum Gasteiger partial charge on any atom is 0.503 e. The molecule has 0 aliphatic rings. The minimum absolute atomic E-state index is 0.981. The van der Waals surface area contributed by atoms with Crippen LogP contribution in [0.2, 0.25) is 0 Å². The van der Waals surface area contributed by atoms with Gasteiger partial charge in [-0.25, -0.2) is 4.79 Å². The second-order valence-electron chi connectivity index (χ2n) is 2.60. The van der Waals surface area contributed by atoms with Gasteiger partial charge >= 0.3 is 6.16 Å². The van der Waals surface area contributed by atoms with Crippen LogP contribution < -0.4 is 0 Å². The molecule has 2 N–H and O–H groups in total. The molecule has 0 aromatic carbocycles. The molecule has 0 spiro atoms. The first-order valence-electron chi connectivity index (χ1n) is 3.56. The second kappa shape index (κ2) is 7.20. The summed E-state index contributed by atoms with van der Waals surface area (Å²) in [5.41, 5.74) is 0. The van der Waals surface area contributed by atoms with Crippen molar-refractivity contribution in [1.29, 1.82) is 0 Å². The average Bonchev–Trinajstić information content (AvgIpc) is 1.84. The molecule has 0 aliphatic heterocycles. The Morgan fingerprint density at radius 3 is 1.31 bits per heavy atom. The molecule has 0 rings (SSSR count). The lowest BCUT2D eigenvalue weighted by molar-refractivity contribution is 0.137. The van der Waals surface area contributed by atoms with Crippen molar-refractivity contribution in [3.63, 3.8) is 0 Å². The largest absolute Gasteiger partial charge is 0.503 e. The molecule has 0 saturated carbocycles. The molecular formula is C7H17N3O3. The Morgan fingerprint density at radius 2 is 1.31 bits per heavy atom. The maximum atomic E-state index is 8.56. The number of aliphatic imine (C=N–C) groups is 1. The third kappa shape index (κ3) is 10.5. The van der Waals surface area contributed by atoms with Crippen LogP contribution in [0.4, 0.5) is 4.79 Å². The lowest BCUT2D eigenvalue weighted by Gasteiger charge is -2.21. The SMILES string of the molecule is CN=C(N(C)C)N(C)C.O=C(O)O. The van der Waals surface area contributed by atoms with Crippen molar-refractivity contribution in [1.82, 2.24) is 9.80 Å². The van der Waals surface area contributed by atoms with Gasteiger partial charge in [-0.05, 0) is 0 Å². The molecule has 0 bridgehead atoms. The third-order valence-corrected chi connectivity index (χ3v) is 1.000. The van der Waals surface area contributed by atoms with Gasteiger partial charge in [0.2, 0.25) is 0 Å². The molecule has 0 aromatic heterocycles. The van der Waals surface area contributed by atoms with Crippen LogP contribution in [0.15, 0.2) is 4.99 Å². The quantitative estimate of drug-likeness (QED) is 0.426. The first-order valence-corrected chi connectivity index (χ1v) is 3.56. The molecule has 0 atom stereocenters. The normalized spacial score (nSPS) is 7.77. The van der Waals surface area contributed by atoms with Crippen LogP contribution >= 0.6 is 0 Å². The van der Waals surface area contributed by atoms with E-state index in [-0.39, 0.29) is 0 Å². The van der Waals surface area contributed by atoms with E-state index < -0.39 is 6.16 Å². The molecule has 0 unspecified atom stereocenters. The van der Waals surface area contributed by atoms with E-state index in [1.807, 2.05) is 38.0 Å². The van der Waals surface area contributed by atoms with E-state index >= 15 is 0 Å². The highest BCUT2D eigenvalue weighted by molar-refractivity contribution is 5.78. The van der Waals surface area contributed by atoms with E-state index in [0.29, 0.717) is 0 Å². The monoisotopic (exact) mass is 191 g/mol. The second-order valence-corrected chi connectivity index (χ2v) is 2.60. The first-order chi connectivity index (χ1) is 5.82. The van der Waals surface area contributed by atoms with Crippen LogP contribution in [-0.4, -0.2) is 67.4 Å². The minimum atomic E-state index is -1.83. The van der Waals surface area contributed by atoms with Crippen LogP contribution in [0.5, 0.6) is 0 Å². The predicted molar refractivity (Wildman–Crippen MR) is 51.4 cm³/mol. The minimum Gasteiger partial charge on any atom is -0.450 e. The average molecular weight is 191 g/mol. The van der Waals surface area contributed by atoms with Crippen molar-refractivity contribution in [2.24, 2.45) is 4.99 Å². The van der Waals surface area contributed by atoms with Crippen LogP contribution in [0.1, 0.15) is 0 Å². The van der Waals surface area contributed by atoms with E-state index in [2.05, 4.69) is 4.99 Å². The van der Waals surface area contributed by atoms with Crippen LogP contribution in [0.25, 0.3) is 0 Å². The summed E-state index contributed by atoms with van der Waals surface area (Å²) in [4.78, 5) is 16.6. The van der Waals surface area contributed by atoms with Gasteiger partial charge in [0.05, 0.1) is 0 Å². The number of rotatable bonds is 0. The van der Waals surface area contributed by atoms with Crippen LogP contribution in [0.3, 0.4) is 0 Å². The maximum absolute atomic E-state index is 8.56. The Labute approximate surface area is 78.1 Å². The van der Waals surface area contributed by atoms with Gasteiger partial charge in [-0.1, -0.05) is 0 Å². The summed E-state index contributed by atoms with van der Waals surface area (Å²) in [6, 6.07) is 0. The summed E-state index contributed by atoms with van der Waals surface area (Å²) in [5.74, 6) is 0.981. The zero-order valence-electron chi connectivity index (χ0n) is 8.64. The number of hydrogen-bond acceptors (Lipinski definition) is 2. The molecule has 78 valence electrons. The van der Waals surface area contributed by atoms with Gasteiger partial charge < -0.3 is 20.0 Å². The van der Waals surface area contributed by atoms with Gasteiger partial charge in [0.25, 0.3) is 0 Å². The number of carbonyl (C=O) groups is 1. The summed E-state index contributed by atoms with van der Waals surface area (Å²) >= 11 is 0. The van der Waals surface area contributed by atoms with Gasteiger partial charge in [0.1, 0.15) is 0 Å². The fraction of sp³-hybridized carbons (Fsp3) is 0.714. The van der Waals surface area contributed by atoms with Gasteiger partial charge in [-0.2, -0.15) is 0 Å². The summed E-state index contributed by atoms with van der Waals surface area (Å²) in [6.07, 6.45) is -1.83. The van der Waals surface area contributed by atoms with E-state index in [4.69, 9.17) is 15.0 Å². The van der Waals surface area contributed by atoms with Crippen molar-refractivity contribution in [2.45, 2.75) is 0 Å². The zero-order valence-corrected chi connectivity index (χ0v) is 8.64. The molecule has 0 aromatic rings. The number of hydrogen-bond donors (Lipinski definition) is 2. The molecule has 0 amide bonds. The van der Waals surface area contributed by atoms with E-state index in [0.717, 1.165) is 5.96 Å². The Balaban J connectivity index is 0. The Hall–Kier alpha value is -1.46. The Morgan fingerprint density at radius 1 is 1.08 bits per heavy atom. The zero-order chi connectivity index (χ0) is 11.0. The summed E-state index contributed by atoms with van der Waals surface area (Å²) in [5, 5.41) is 13.9. The summed E-state index contributed by atoms with van der Waals surface area (Å²) < 4.78 is 0. The molecular weight excluding hydrogens is 174 g/mol. The van der Waals surface area contributed by atoms with E-state index in [9.17, 15) is 0 Å². The highest BCUT2D eigenvalue weighted by Crippen LogP contribution is 1.85. The molecule has 0 aliphatic carbocycles. The molecule has 13 heavy (non-hydrogen) atoms. The standard InChI is InChI=1S/C6H15N3.CH2O3/c1-7-6(8(2)3)9(4)5;2-1(3)4/h1-5H3;(H2,2,3,4). The van der Waals surface area contributed by atoms with Gasteiger partial charge in [0.15, 0.2) is 5.96 Å². The van der Waals surface area contributed by atoms with Crippen molar-refractivity contribution in [3.8, 4) is 0 Å². The van der Waals surface area contributed by atoms with Crippen molar-refractivity contribution in [3.05, 3.63) is 0 Å². The lowest BCUT2D eigenvalue weighted by Crippen LogP contribution is -2.35. The molecule has 0 radical (unpaired) electrons. The Kier molecular flexibility index (Phi) is 7.80. The van der Waals surface area contributed by atoms with E-state index in [1.54, 1.807) is 7.05 Å². The van der Waals surface area contributed by atoms with Crippen molar-refractivity contribution in [2.75, 3.05) is 35.2 Å². The molecule has 6 heteroatoms. The summed E-state index contributed by atoms with van der Waals surface area (Å²) in [7, 11) is 9.69. The molecule has 0 fully saturated rings. The predicted octanol–water partition coefficient (Wildman–Crippen LogP) is 0.318. The summed E-state index contributed by atoms with van der Waals surface area (Å²) in [6.45, 7) is 0. The van der Waals surface area contributed by atoms with Crippen LogP contribution in [0, 0.1) is 0 Å². The van der Waals surface area contributed by atoms with Gasteiger partial charge in [-0.15, -0.1) is 0 Å². The third-order valence-electron chi connectivity index (χ3n) is 1.000. The number of nitrogens with zero attached hydrogens (tertiary/aromatic N) is 3. The first kappa shape index (κ1) is 14.1. The fourth-order valence-corrected chi connectivity index (χ4v) is 0.800. The van der Waals surface area contributed by atoms with Gasteiger partial charge in [-0.3, -0.25) is 4.99 Å². The molecule has 0 heterocycles. The lowest BCUT2D eigenvalue weighted by atomic mass is 10.7. The highest BCUT2D eigenvalue weighted by atomic mass is 16.6. The number of carboxylic acid groups (broad SMARTS) is 2. The fourth-order valence-electron chi connectivity index (χ4n) is 0.800. The molecule has 0 saturated heterocycles. The highest BCUT2D eigenvalue weighted by Gasteiger charge is 1.99. The van der Waals surface area contributed by atoms with Crippen molar-refractivity contribution < 1.29 is 15.0 Å². The van der Waals surface area contributed by atoms with E-state index in [1.165, 1.54) is 0 Å². The smallest absolute Gasteiger partial charge is 0.450 e. The van der Waals surface area contributed by atoms with Gasteiger partial charge in [0, 0.05) is 35.2 Å².